The molecule has 2 aromatic heterocycles. The van der Waals surface area contributed by atoms with Crippen LogP contribution in [0.4, 0.5) is 23.1 Å². The Morgan fingerprint density at radius 1 is 0.978 bits per heavy atom. The summed E-state index contributed by atoms with van der Waals surface area (Å²) in [6.07, 6.45) is 10.3. The normalized spacial score (nSPS) is 21.7. The molecular formula is C32H45ClN8O3S. The molecule has 3 heterocycles. The minimum atomic E-state index is -3.64. The van der Waals surface area contributed by atoms with Crippen LogP contribution in [0, 0.1) is 6.92 Å². The van der Waals surface area contributed by atoms with Crippen LogP contribution in [0.2, 0.25) is 5.02 Å². The summed E-state index contributed by atoms with van der Waals surface area (Å²) >= 11 is 6.47. The molecule has 0 spiro atoms. The quantitative estimate of drug-likeness (QED) is 0.283. The van der Waals surface area contributed by atoms with E-state index in [1.54, 1.807) is 27.1 Å². The fourth-order valence-electron chi connectivity index (χ4n) is 6.39. The van der Waals surface area contributed by atoms with Crippen molar-refractivity contribution in [2.24, 2.45) is 7.05 Å². The monoisotopic (exact) mass is 656 g/mol. The summed E-state index contributed by atoms with van der Waals surface area (Å²) in [5.41, 5.74) is 3.68. The van der Waals surface area contributed by atoms with Crippen LogP contribution in [0.25, 0.3) is 0 Å². The van der Waals surface area contributed by atoms with Crippen LogP contribution in [0.5, 0.6) is 5.75 Å². The van der Waals surface area contributed by atoms with Gasteiger partial charge in [0, 0.05) is 45.5 Å². The molecule has 11 nitrogen and oxygen atoms in total. The molecule has 1 aliphatic heterocycles. The number of rotatable bonds is 10. The van der Waals surface area contributed by atoms with Gasteiger partial charge in [0.25, 0.3) is 0 Å². The van der Waals surface area contributed by atoms with E-state index in [9.17, 15) is 8.42 Å². The van der Waals surface area contributed by atoms with Gasteiger partial charge < -0.3 is 20.3 Å². The lowest BCUT2D eigenvalue weighted by Gasteiger charge is -2.41. The Labute approximate surface area is 271 Å². The maximum absolute atomic E-state index is 12.9. The number of anilines is 4. The molecule has 3 fully saturated rings. The number of hydrogen-bond donors (Lipinski definition) is 2. The van der Waals surface area contributed by atoms with Gasteiger partial charge in [-0.25, -0.2) is 13.4 Å². The number of hydrogen-bond acceptors (Lipinski definition) is 10. The van der Waals surface area contributed by atoms with E-state index in [-0.39, 0.29) is 22.0 Å². The van der Waals surface area contributed by atoms with Gasteiger partial charge in [0.15, 0.2) is 5.82 Å². The lowest BCUT2D eigenvalue weighted by molar-refractivity contribution is 0.0878. The van der Waals surface area contributed by atoms with Crippen molar-refractivity contribution in [3.05, 3.63) is 40.7 Å². The van der Waals surface area contributed by atoms with Gasteiger partial charge in [-0.15, -0.1) is 0 Å². The summed E-state index contributed by atoms with van der Waals surface area (Å²) in [5, 5.41) is 10.2. The predicted octanol–water partition coefficient (Wildman–Crippen LogP) is 5.66. The maximum Gasteiger partial charge on any atom is 0.229 e. The molecule has 1 saturated heterocycles. The number of ether oxygens (including phenoxy) is 1. The Hall–Kier alpha value is -2.93. The fraction of sp³-hybridized carbons (Fsp3) is 0.594. The largest absolute Gasteiger partial charge is 0.488 e. The number of aromatic nitrogens is 4. The van der Waals surface area contributed by atoms with Crippen LogP contribution in [-0.2, 0) is 16.9 Å². The zero-order valence-corrected chi connectivity index (χ0v) is 28.5. The summed E-state index contributed by atoms with van der Waals surface area (Å²) in [4.78, 5) is 14.2. The van der Waals surface area contributed by atoms with E-state index in [0.29, 0.717) is 23.6 Å². The Balaban J connectivity index is 1.21. The number of nitrogens with one attached hydrogen (secondary N) is 2. The second-order valence-electron chi connectivity index (χ2n) is 13.1. The van der Waals surface area contributed by atoms with Crippen LogP contribution >= 0.6 is 11.6 Å². The van der Waals surface area contributed by atoms with E-state index in [2.05, 4.69) is 61.6 Å². The Kier molecular flexibility index (Phi) is 9.29. The van der Waals surface area contributed by atoms with E-state index in [1.165, 1.54) is 60.8 Å². The number of piperazine rings is 1. The number of aryl methyl sites for hydroxylation is 2. The third-order valence-corrected chi connectivity index (χ3v) is 11.7. The van der Waals surface area contributed by atoms with Crippen molar-refractivity contribution in [2.75, 3.05) is 43.9 Å². The maximum atomic E-state index is 12.9. The third kappa shape index (κ3) is 7.24. The molecule has 2 aliphatic carbocycles. The van der Waals surface area contributed by atoms with Gasteiger partial charge >= 0.3 is 0 Å². The molecule has 0 bridgehead atoms. The van der Waals surface area contributed by atoms with Crippen molar-refractivity contribution in [3.8, 4) is 5.75 Å². The molecule has 0 radical (unpaired) electrons. The van der Waals surface area contributed by atoms with Crippen LogP contribution in [0.3, 0.4) is 0 Å². The summed E-state index contributed by atoms with van der Waals surface area (Å²) in [6.45, 7) is 10.1. The van der Waals surface area contributed by atoms with E-state index in [4.69, 9.17) is 16.3 Å². The van der Waals surface area contributed by atoms with Crippen molar-refractivity contribution >= 4 is 44.6 Å². The van der Waals surface area contributed by atoms with Crippen molar-refractivity contribution in [3.63, 3.8) is 0 Å². The molecule has 3 aliphatic rings. The van der Waals surface area contributed by atoms with E-state index in [0.717, 1.165) is 37.4 Å². The summed E-state index contributed by atoms with van der Waals surface area (Å²) in [6, 6.07) is 5.06. The number of likely N-dealkylation sites (N-methyl/N-ethyl adjacent to an activating group) is 1. The molecule has 1 aromatic carbocycles. The molecular weight excluding hydrogens is 612 g/mol. The van der Waals surface area contributed by atoms with E-state index < -0.39 is 15.1 Å². The lowest BCUT2D eigenvalue weighted by Crippen LogP contribution is -2.49. The van der Waals surface area contributed by atoms with Crippen molar-refractivity contribution in [2.45, 2.75) is 87.6 Å². The van der Waals surface area contributed by atoms with Gasteiger partial charge in [-0.05, 0) is 95.5 Å². The molecule has 0 amide bonds. The summed E-state index contributed by atoms with van der Waals surface area (Å²) < 4.78 is 33.8. The molecule has 6 rings (SSSR count). The highest BCUT2D eigenvalue weighted by molar-refractivity contribution is 7.92. The standard InChI is InChI=1S/C32H45ClN8O3S/c1-20(2)45(42,43)31-28(19-40(5)38-31)35-30-26(33)18-34-32(37-30)36-27-16-21(3)25(17-29(27)44-24-10-11-24)22-6-8-23(9-7-22)41-14-12-39(4)13-15-41/h16-20,22-24H,6-15H2,1-5H3,(H2,34,35,36,37). The summed E-state index contributed by atoms with van der Waals surface area (Å²) in [5.74, 6) is 1.92. The highest BCUT2D eigenvalue weighted by Crippen LogP contribution is 2.42. The Morgan fingerprint density at radius 3 is 2.36 bits per heavy atom. The topological polar surface area (TPSA) is 118 Å². The first-order valence-corrected chi connectivity index (χ1v) is 18.0. The highest BCUT2D eigenvalue weighted by atomic mass is 35.5. The molecule has 2 N–H and O–H groups in total. The first-order valence-electron chi connectivity index (χ1n) is 16.1. The number of sulfone groups is 1. The minimum Gasteiger partial charge on any atom is -0.488 e. The SMILES string of the molecule is Cc1cc(Nc2ncc(Cl)c(Nc3cn(C)nc3S(=O)(=O)C(C)C)n2)c(OC2CC2)cc1C1CCC(N2CCN(C)CC2)CC1. The second-order valence-corrected chi connectivity index (χ2v) is 15.9. The van der Waals surface area contributed by atoms with Gasteiger partial charge in [-0.3, -0.25) is 9.58 Å². The van der Waals surface area contributed by atoms with Crippen molar-refractivity contribution in [1.29, 1.82) is 0 Å². The zero-order valence-electron chi connectivity index (χ0n) is 26.9. The van der Waals surface area contributed by atoms with Crippen molar-refractivity contribution in [1.82, 2.24) is 29.5 Å². The second kappa shape index (κ2) is 13.1. The number of benzene rings is 1. The average molecular weight is 657 g/mol. The van der Waals surface area contributed by atoms with Crippen LogP contribution in [-0.4, -0.2) is 88.6 Å². The molecule has 2 saturated carbocycles. The number of halogens is 1. The number of nitrogens with zero attached hydrogens (tertiary/aromatic N) is 6. The van der Waals surface area contributed by atoms with E-state index in [1.807, 2.05) is 0 Å². The highest BCUT2D eigenvalue weighted by Gasteiger charge is 2.31. The van der Waals surface area contributed by atoms with Gasteiger partial charge in [0.2, 0.25) is 20.8 Å². The first kappa shape index (κ1) is 32.0. The molecule has 0 unspecified atom stereocenters. The lowest BCUT2D eigenvalue weighted by atomic mass is 9.79. The molecule has 3 aromatic rings. The fourth-order valence-corrected chi connectivity index (χ4v) is 7.63. The first-order chi connectivity index (χ1) is 21.5. The predicted molar refractivity (Wildman–Crippen MR) is 178 cm³/mol. The average Bonchev–Trinajstić information content (AvgIpc) is 3.75. The van der Waals surface area contributed by atoms with Crippen LogP contribution in [0.1, 0.15) is 69.4 Å². The molecule has 0 atom stereocenters. The minimum absolute atomic E-state index is 0.0481. The molecule has 13 heteroatoms. The van der Waals surface area contributed by atoms with Crippen LogP contribution < -0.4 is 15.4 Å². The van der Waals surface area contributed by atoms with Gasteiger partial charge in [0.05, 0.1) is 28.9 Å². The third-order valence-electron chi connectivity index (χ3n) is 9.31. The van der Waals surface area contributed by atoms with Crippen LogP contribution in [0.15, 0.2) is 29.6 Å². The van der Waals surface area contributed by atoms with Gasteiger partial charge in [0.1, 0.15) is 10.8 Å². The Morgan fingerprint density at radius 2 is 1.69 bits per heavy atom. The Bertz CT molecular complexity index is 1630. The summed E-state index contributed by atoms with van der Waals surface area (Å²) in [7, 11) is 0.250. The van der Waals surface area contributed by atoms with Gasteiger partial charge in [-0.2, -0.15) is 10.1 Å². The zero-order chi connectivity index (χ0) is 31.9. The van der Waals surface area contributed by atoms with Gasteiger partial charge in [-0.1, -0.05) is 11.6 Å². The smallest absolute Gasteiger partial charge is 0.229 e. The molecule has 244 valence electrons. The van der Waals surface area contributed by atoms with E-state index >= 15 is 0 Å². The molecule has 45 heavy (non-hydrogen) atoms. The van der Waals surface area contributed by atoms with Crippen molar-refractivity contribution < 1.29 is 13.2 Å².